The topological polar surface area (TPSA) is 84.9 Å². The van der Waals surface area contributed by atoms with Crippen molar-refractivity contribution in [2.24, 2.45) is 0 Å². The van der Waals surface area contributed by atoms with E-state index in [0.717, 1.165) is 0 Å². The smallest absolute Gasteiger partial charge is 0.231 e. The Morgan fingerprint density at radius 3 is 2.80 bits per heavy atom. The molecule has 1 aromatic rings. The molecule has 0 fully saturated rings. The summed E-state index contributed by atoms with van der Waals surface area (Å²) in [5.74, 6) is 1.10. The number of fused-ring (bicyclic) bond motifs is 1. The lowest BCUT2D eigenvalue weighted by molar-refractivity contribution is 0.174. The van der Waals surface area contributed by atoms with Crippen molar-refractivity contribution in [3.8, 4) is 11.5 Å². The van der Waals surface area contributed by atoms with E-state index in [1.54, 1.807) is 18.2 Å². The average molecular weight is 231 g/mol. The molecule has 1 aliphatic heterocycles. The lowest BCUT2D eigenvalue weighted by atomic mass is 10.2. The average Bonchev–Trinajstić information content (AvgIpc) is 2.60. The molecule has 0 aromatic heterocycles. The fraction of sp³-hybridized carbons (Fsp3) is 0.250. The molecule has 0 radical (unpaired) electrons. The predicted molar refractivity (Wildman–Crippen MR) is 47.1 cm³/mol. The second-order valence-corrected chi connectivity index (χ2v) is 3.91. The van der Waals surface area contributed by atoms with E-state index in [2.05, 4.69) is 4.18 Å². The van der Waals surface area contributed by atoms with E-state index in [0.29, 0.717) is 17.1 Å². The molecule has 0 N–H and O–H groups in total. The summed E-state index contributed by atoms with van der Waals surface area (Å²) in [5.41, 5.74) is 0.527. The van der Waals surface area contributed by atoms with Gasteiger partial charge < -0.3 is 14.0 Å². The third kappa shape index (κ3) is 2.58. The highest BCUT2D eigenvalue weighted by Crippen LogP contribution is 2.32. The van der Waals surface area contributed by atoms with Crippen LogP contribution in [0, 0.1) is 0 Å². The van der Waals surface area contributed by atoms with Crippen molar-refractivity contribution in [1.82, 2.24) is 0 Å². The number of hydrogen-bond acceptors (Lipinski definition) is 6. The minimum atomic E-state index is -4.66. The van der Waals surface area contributed by atoms with Crippen LogP contribution in [0.15, 0.2) is 18.2 Å². The molecular weight excluding hydrogens is 224 g/mol. The zero-order chi connectivity index (χ0) is 10.9. The van der Waals surface area contributed by atoms with Crippen LogP contribution in [0.5, 0.6) is 11.5 Å². The van der Waals surface area contributed by atoms with Crippen molar-refractivity contribution in [1.29, 1.82) is 0 Å². The summed E-state index contributed by atoms with van der Waals surface area (Å²) in [5, 5.41) is 0. The first-order chi connectivity index (χ1) is 7.04. The van der Waals surface area contributed by atoms with Crippen molar-refractivity contribution < 1.29 is 26.6 Å². The van der Waals surface area contributed by atoms with Crippen molar-refractivity contribution in [3.05, 3.63) is 23.8 Å². The van der Waals surface area contributed by atoms with E-state index >= 15 is 0 Å². The van der Waals surface area contributed by atoms with Gasteiger partial charge in [-0.15, -0.1) is 0 Å². The fourth-order valence-corrected chi connectivity index (χ4v) is 1.45. The SMILES string of the molecule is O=S(=O)([O-])OCc1ccc2c(c1)OCO2. The summed E-state index contributed by atoms with van der Waals surface area (Å²) >= 11 is 0. The number of ether oxygens (including phenoxy) is 2. The highest BCUT2D eigenvalue weighted by Gasteiger charge is 2.13. The Kier molecular flexibility index (Phi) is 2.51. The molecule has 7 heteroatoms. The summed E-state index contributed by atoms with van der Waals surface area (Å²) in [6.07, 6.45) is 0. The molecule has 0 spiro atoms. The maximum Gasteiger partial charge on any atom is 0.231 e. The van der Waals surface area contributed by atoms with Crippen LogP contribution in [0.3, 0.4) is 0 Å². The maximum atomic E-state index is 10.2. The molecule has 0 saturated heterocycles. The van der Waals surface area contributed by atoms with E-state index in [4.69, 9.17) is 9.47 Å². The van der Waals surface area contributed by atoms with Gasteiger partial charge >= 0.3 is 0 Å². The molecule has 1 heterocycles. The van der Waals surface area contributed by atoms with Crippen LogP contribution in [0.1, 0.15) is 5.56 Å². The summed E-state index contributed by atoms with van der Waals surface area (Å²) in [6.45, 7) is -0.165. The zero-order valence-corrected chi connectivity index (χ0v) is 8.32. The van der Waals surface area contributed by atoms with E-state index in [9.17, 15) is 13.0 Å². The number of benzene rings is 1. The van der Waals surface area contributed by atoms with Gasteiger partial charge in [0.1, 0.15) is 0 Å². The fourth-order valence-electron chi connectivity index (χ4n) is 1.17. The van der Waals surface area contributed by atoms with Gasteiger partial charge in [-0.05, 0) is 17.7 Å². The van der Waals surface area contributed by atoms with E-state index in [1.807, 2.05) is 0 Å². The molecular formula is C8H7O6S-. The Morgan fingerprint density at radius 1 is 1.33 bits per heavy atom. The molecule has 2 rings (SSSR count). The third-order valence-corrected chi connectivity index (χ3v) is 2.21. The Balaban J connectivity index is 2.10. The predicted octanol–water partition coefficient (Wildman–Crippen LogP) is 0.392. The van der Waals surface area contributed by atoms with Gasteiger partial charge in [0.05, 0.1) is 6.61 Å². The molecule has 15 heavy (non-hydrogen) atoms. The van der Waals surface area contributed by atoms with Crippen LogP contribution in [-0.4, -0.2) is 19.8 Å². The van der Waals surface area contributed by atoms with Crippen molar-refractivity contribution in [2.45, 2.75) is 6.61 Å². The molecule has 0 aliphatic carbocycles. The standard InChI is InChI=1S/C8H8O6S/c9-15(10,11)14-4-6-1-2-7-8(3-6)13-5-12-7/h1-3H,4-5H2,(H,9,10,11)/p-1. The van der Waals surface area contributed by atoms with Crippen LogP contribution in [-0.2, 0) is 21.2 Å². The van der Waals surface area contributed by atoms with Gasteiger partial charge in [-0.25, -0.2) is 8.42 Å². The second-order valence-electron chi connectivity index (χ2n) is 2.86. The van der Waals surface area contributed by atoms with Crippen LogP contribution in [0.25, 0.3) is 0 Å². The van der Waals surface area contributed by atoms with E-state index < -0.39 is 10.4 Å². The van der Waals surface area contributed by atoms with Gasteiger partial charge in [-0.3, -0.25) is 4.18 Å². The van der Waals surface area contributed by atoms with Crippen LogP contribution >= 0.6 is 0 Å². The third-order valence-electron chi connectivity index (χ3n) is 1.81. The van der Waals surface area contributed by atoms with Crippen LogP contribution in [0.2, 0.25) is 0 Å². The first-order valence-corrected chi connectivity index (χ1v) is 5.37. The molecule has 1 aromatic carbocycles. The quantitative estimate of drug-likeness (QED) is 0.552. The summed E-state index contributed by atoms with van der Waals surface area (Å²) in [7, 11) is -4.66. The summed E-state index contributed by atoms with van der Waals surface area (Å²) < 4.78 is 44.8. The Hall–Kier alpha value is -1.31. The second kappa shape index (κ2) is 3.69. The Bertz CT molecular complexity index is 466. The lowest BCUT2D eigenvalue weighted by Crippen LogP contribution is -2.03. The highest BCUT2D eigenvalue weighted by molar-refractivity contribution is 7.80. The highest BCUT2D eigenvalue weighted by atomic mass is 32.3. The molecule has 82 valence electrons. The molecule has 0 atom stereocenters. The Morgan fingerprint density at radius 2 is 2.07 bits per heavy atom. The number of rotatable bonds is 3. The minimum absolute atomic E-state index is 0.138. The minimum Gasteiger partial charge on any atom is -0.726 e. The molecule has 0 bridgehead atoms. The van der Waals surface area contributed by atoms with Crippen molar-refractivity contribution >= 4 is 10.4 Å². The molecule has 0 amide bonds. The van der Waals surface area contributed by atoms with Crippen molar-refractivity contribution in [2.75, 3.05) is 6.79 Å². The van der Waals surface area contributed by atoms with Gasteiger partial charge in [0.2, 0.25) is 17.2 Å². The first kappa shape index (κ1) is 10.2. The summed E-state index contributed by atoms with van der Waals surface area (Å²) in [4.78, 5) is 0. The van der Waals surface area contributed by atoms with Gasteiger partial charge in [0, 0.05) is 0 Å². The van der Waals surface area contributed by atoms with Crippen molar-refractivity contribution in [3.63, 3.8) is 0 Å². The number of hydrogen-bond donors (Lipinski definition) is 0. The van der Waals surface area contributed by atoms with Gasteiger partial charge in [-0.2, -0.15) is 0 Å². The zero-order valence-electron chi connectivity index (χ0n) is 7.50. The Labute approximate surface area is 86.3 Å². The van der Waals surface area contributed by atoms with Crippen LogP contribution < -0.4 is 9.47 Å². The van der Waals surface area contributed by atoms with E-state index in [-0.39, 0.29) is 13.4 Å². The van der Waals surface area contributed by atoms with Crippen LogP contribution in [0.4, 0.5) is 0 Å². The van der Waals surface area contributed by atoms with Gasteiger partial charge in [0.25, 0.3) is 0 Å². The van der Waals surface area contributed by atoms with E-state index in [1.165, 1.54) is 0 Å². The molecule has 1 aliphatic rings. The first-order valence-electron chi connectivity index (χ1n) is 4.03. The lowest BCUT2D eigenvalue weighted by Gasteiger charge is -2.07. The molecule has 0 unspecified atom stereocenters. The summed E-state index contributed by atoms with van der Waals surface area (Å²) in [6, 6.07) is 4.78. The van der Waals surface area contributed by atoms with Gasteiger partial charge in [-0.1, -0.05) is 6.07 Å². The maximum absolute atomic E-state index is 10.2. The largest absolute Gasteiger partial charge is 0.726 e. The van der Waals surface area contributed by atoms with Gasteiger partial charge in [0.15, 0.2) is 11.5 Å². The monoisotopic (exact) mass is 231 g/mol. The molecule has 0 saturated carbocycles. The molecule has 6 nitrogen and oxygen atoms in total. The normalized spacial score (nSPS) is 14.2.